The Bertz CT molecular complexity index is 996. The first-order chi connectivity index (χ1) is 13.9. The Kier molecular flexibility index (Phi) is 6.63. The van der Waals surface area contributed by atoms with Gasteiger partial charge in [-0.25, -0.2) is 8.42 Å². The molecule has 5 heteroatoms. The summed E-state index contributed by atoms with van der Waals surface area (Å²) < 4.78 is 28.4. The lowest BCUT2D eigenvalue weighted by Crippen LogP contribution is -2.38. The molecule has 164 valence electrons. The van der Waals surface area contributed by atoms with E-state index in [1.54, 1.807) is 0 Å². The van der Waals surface area contributed by atoms with Gasteiger partial charge in [0.1, 0.15) is 15.6 Å². The fraction of sp³-hybridized carbons (Fsp3) is 0.520. The number of benzene rings is 2. The third-order valence-electron chi connectivity index (χ3n) is 5.58. The average Bonchev–Trinajstić information content (AvgIpc) is 2.99. The number of ether oxygens (including phenoxy) is 1. The van der Waals surface area contributed by atoms with Gasteiger partial charge in [-0.2, -0.15) is 0 Å². The fourth-order valence-electron chi connectivity index (χ4n) is 4.50. The summed E-state index contributed by atoms with van der Waals surface area (Å²) >= 11 is 0. The van der Waals surface area contributed by atoms with Crippen LogP contribution in [0.1, 0.15) is 61.9 Å². The number of hydrogen-bond donors (Lipinski definition) is 1. The molecule has 0 aromatic heterocycles. The molecule has 3 rings (SSSR count). The molecule has 0 spiro atoms. The molecule has 2 aromatic carbocycles. The van der Waals surface area contributed by atoms with E-state index in [1.807, 2.05) is 0 Å². The highest BCUT2D eigenvalue weighted by molar-refractivity contribution is 7.90. The van der Waals surface area contributed by atoms with Gasteiger partial charge in [0.15, 0.2) is 0 Å². The molecule has 0 saturated carbocycles. The molecule has 0 bridgehead atoms. The van der Waals surface area contributed by atoms with Crippen LogP contribution in [0, 0.1) is 13.8 Å². The van der Waals surface area contributed by atoms with E-state index in [0.717, 1.165) is 18.6 Å². The molecular formula is C25H35NO3S. The summed E-state index contributed by atoms with van der Waals surface area (Å²) in [5.74, 6) is 0.963. The standard InChI is InChI=1S/C25H35NO3S/c1-17-15-19(29-13-8-14-30(6,27)28)16-18(2)24(17)22-10-7-9-21-20(22)11-12-23(21)26-25(3,4)5/h7,9-10,15-16,23,26H,8,11-14H2,1-6H3/t23-/m1/s1. The highest BCUT2D eigenvalue weighted by atomic mass is 32.2. The number of fused-ring (bicyclic) bond motifs is 1. The molecule has 1 N–H and O–H groups in total. The Morgan fingerprint density at radius 1 is 1.13 bits per heavy atom. The van der Waals surface area contributed by atoms with Crippen molar-refractivity contribution in [2.24, 2.45) is 0 Å². The van der Waals surface area contributed by atoms with Crippen LogP contribution in [0.2, 0.25) is 0 Å². The zero-order valence-corrected chi connectivity index (χ0v) is 19.9. The van der Waals surface area contributed by atoms with E-state index < -0.39 is 9.84 Å². The predicted octanol–water partition coefficient (Wildman–Crippen LogP) is 5.16. The van der Waals surface area contributed by atoms with E-state index in [2.05, 4.69) is 70.3 Å². The third kappa shape index (κ3) is 5.64. The lowest BCUT2D eigenvalue weighted by Gasteiger charge is -2.26. The molecule has 1 aliphatic carbocycles. The van der Waals surface area contributed by atoms with Gasteiger partial charge in [-0.3, -0.25) is 0 Å². The van der Waals surface area contributed by atoms with Gasteiger partial charge in [0.05, 0.1) is 12.4 Å². The maximum absolute atomic E-state index is 11.3. The second-order valence-electron chi connectivity index (χ2n) is 9.62. The Morgan fingerprint density at radius 2 is 1.80 bits per heavy atom. The molecule has 0 heterocycles. The van der Waals surface area contributed by atoms with Crippen molar-refractivity contribution in [2.75, 3.05) is 18.6 Å². The smallest absolute Gasteiger partial charge is 0.147 e. The SMILES string of the molecule is Cc1cc(OCCCS(C)(=O)=O)cc(C)c1-c1cccc2c1CC[C@H]2NC(C)(C)C. The van der Waals surface area contributed by atoms with Crippen LogP contribution in [-0.2, 0) is 16.3 Å². The van der Waals surface area contributed by atoms with Crippen molar-refractivity contribution in [2.45, 2.75) is 65.5 Å². The molecule has 0 unspecified atom stereocenters. The zero-order valence-electron chi connectivity index (χ0n) is 19.1. The predicted molar refractivity (Wildman–Crippen MR) is 125 cm³/mol. The second-order valence-corrected chi connectivity index (χ2v) is 11.9. The van der Waals surface area contributed by atoms with Crippen molar-refractivity contribution in [1.29, 1.82) is 0 Å². The summed E-state index contributed by atoms with van der Waals surface area (Å²) in [6.07, 6.45) is 3.98. The van der Waals surface area contributed by atoms with Crippen LogP contribution < -0.4 is 10.1 Å². The van der Waals surface area contributed by atoms with Crippen molar-refractivity contribution in [1.82, 2.24) is 5.32 Å². The van der Waals surface area contributed by atoms with E-state index in [1.165, 1.54) is 39.6 Å². The molecule has 2 aromatic rings. The van der Waals surface area contributed by atoms with Gasteiger partial charge in [0.25, 0.3) is 0 Å². The highest BCUT2D eigenvalue weighted by Gasteiger charge is 2.28. The number of hydrogen-bond acceptors (Lipinski definition) is 4. The summed E-state index contributed by atoms with van der Waals surface area (Å²) in [6, 6.07) is 11.2. The first-order valence-electron chi connectivity index (χ1n) is 10.8. The Morgan fingerprint density at radius 3 is 2.40 bits per heavy atom. The normalized spacial score (nSPS) is 16.5. The van der Waals surface area contributed by atoms with Gasteiger partial charge >= 0.3 is 0 Å². The summed E-state index contributed by atoms with van der Waals surface area (Å²) in [5.41, 5.74) is 7.94. The van der Waals surface area contributed by atoms with Crippen molar-refractivity contribution >= 4 is 9.84 Å². The maximum Gasteiger partial charge on any atom is 0.147 e. The van der Waals surface area contributed by atoms with Crippen LogP contribution in [0.3, 0.4) is 0 Å². The Hall–Kier alpha value is -1.85. The molecule has 4 nitrogen and oxygen atoms in total. The lowest BCUT2D eigenvalue weighted by atomic mass is 9.90. The van der Waals surface area contributed by atoms with E-state index in [-0.39, 0.29) is 11.3 Å². The van der Waals surface area contributed by atoms with Crippen molar-refractivity contribution in [3.63, 3.8) is 0 Å². The molecule has 0 amide bonds. The summed E-state index contributed by atoms with van der Waals surface area (Å²) in [7, 11) is -2.94. The molecule has 30 heavy (non-hydrogen) atoms. The first kappa shape index (κ1) is 22.8. The van der Waals surface area contributed by atoms with Gasteiger partial charge in [-0.1, -0.05) is 18.2 Å². The van der Waals surface area contributed by atoms with Gasteiger partial charge in [0, 0.05) is 17.8 Å². The van der Waals surface area contributed by atoms with Crippen LogP contribution >= 0.6 is 0 Å². The largest absolute Gasteiger partial charge is 0.494 e. The molecule has 0 saturated heterocycles. The summed E-state index contributed by atoms with van der Waals surface area (Å²) in [4.78, 5) is 0. The van der Waals surface area contributed by atoms with Crippen LogP contribution in [0.25, 0.3) is 11.1 Å². The van der Waals surface area contributed by atoms with Crippen LogP contribution in [0.15, 0.2) is 30.3 Å². The van der Waals surface area contributed by atoms with E-state index in [0.29, 0.717) is 19.1 Å². The topological polar surface area (TPSA) is 55.4 Å². The number of rotatable bonds is 7. The van der Waals surface area contributed by atoms with Crippen LogP contribution in [0.4, 0.5) is 0 Å². The quantitative estimate of drug-likeness (QED) is 0.618. The van der Waals surface area contributed by atoms with E-state index in [4.69, 9.17) is 4.74 Å². The molecule has 1 aliphatic rings. The summed E-state index contributed by atoms with van der Waals surface area (Å²) in [6.45, 7) is 11.3. The highest BCUT2D eigenvalue weighted by Crippen LogP contribution is 2.41. The number of aryl methyl sites for hydroxylation is 2. The van der Waals surface area contributed by atoms with Gasteiger partial charge in [-0.15, -0.1) is 0 Å². The van der Waals surface area contributed by atoms with Gasteiger partial charge in [0.2, 0.25) is 0 Å². The monoisotopic (exact) mass is 429 g/mol. The van der Waals surface area contributed by atoms with Gasteiger partial charge < -0.3 is 10.1 Å². The first-order valence-corrected chi connectivity index (χ1v) is 12.8. The zero-order chi connectivity index (χ0) is 22.1. The van der Waals surface area contributed by atoms with Gasteiger partial charge in [-0.05, 0) is 99.4 Å². The van der Waals surface area contributed by atoms with Crippen LogP contribution in [-0.4, -0.2) is 32.6 Å². The minimum Gasteiger partial charge on any atom is -0.494 e. The van der Waals surface area contributed by atoms with Crippen molar-refractivity contribution in [3.05, 3.63) is 52.6 Å². The molecule has 0 fully saturated rings. The molecule has 1 atom stereocenters. The fourth-order valence-corrected chi connectivity index (χ4v) is 5.15. The second kappa shape index (κ2) is 8.72. The molecule has 0 radical (unpaired) electrons. The minimum atomic E-state index is -2.94. The van der Waals surface area contributed by atoms with Crippen molar-refractivity contribution < 1.29 is 13.2 Å². The molecular weight excluding hydrogens is 394 g/mol. The minimum absolute atomic E-state index is 0.0875. The lowest BCUT2D eigenvalue weighted by molar-refractivity contribution is 0.317. The van der Waals surface area contributed by atoms with E-state index in [9.17, 15) is 8.42 Å². The number of sulfone groups is 1. The third-order valence-corrected chi connectivity index (χ3v) is 6.61. The van der Waals surface area contributed by atoms with E-state index >= 15 is 0 Å². The Labute approximate surface area is 182 Å². The van der Waals surface area contributed by atoms with Crippen molar-refractivity contribution in [3.8, 4) is 16.9 Å². The molecule has 0 aliphatic heterocycles. The maximum atomic E-state index is 11.3. The Balaban J connectivity index is 1.84. The van der Waals surface area contributed by atoms with Crippen LogP contribution in [0.5, 0.6) is 5.75 Å². The number of nitrogens with one attached hydrogen (secondary N) is 1. The summed E-state index contributed by atoms with van der Waals surface area (Å²) in [5, 5.41) is 3.77. The average molecular weight is 430 g/mol.